The molecule has 0 aliphatic heterocycles. The van der Waals surface area contributed by atoms with Crippen LogP contribution in [0.4, 0.5) is 0 Å². The van der Waals surface area contributed by atoms with Gasteiger partial charge in [-0.2, -0.15) is 0 Å². The van der Waals surface area contributed by atoms with Gasteiger partial charge in [0.2, 0.25) is 0 Å². The molecular weight excluding hydrogens is 192 g/mol. The summed E-state index contributed by atoms with van der Waals surface area (Å²) in [6, 6.07) is 1.18. The lowest BCUT2D eigenvalue weighted by Crippen LogP contribution is -2.21. The summed E-state index contributed by atoms with van der Waals surface area (Å²) in [4.78, 5) is 0. The molecule has 12 heavy (non-hydrogen) atoms. The topological polar surface area (TPSA) is 0 Å². The first-order valence-electron chi connectivity index (χ1n) is 3.81. The molecule has 0 heterocycles. The molecule has 0 amide bonds. The van der Waals surface area contributed by atoms with Gasteiger partial charge in [-0.15, -0.1) is 10.9 Å². The van der Waals surface area contributed by atoms with Crippen molar-refractivity contribution in [1.29, 1.82) is 0 Å². The molecule has 0 nitrogen and oxygen atoms in total. The lowest BCUT2D eigenvalue weighted by molar-refractivity contribution is 1.38. The fourth-order valence-electron chi connectivity index (χ4n) is 0.414. The van der Waals surface area contributed by atoms with E-state index in [2.05, 4.69) is 62.6 Å². The van der Waals surface area contributed by atoms with Gasteiger partial charge in [-0.1, -0.05) is 31.7 Å². The van der Waals surface area contributed by atoms with Crippen molar-refractivity contribution in [2.45, 2.75) is 26.1 Å². The summed E-state index contributed by atoms with van der Waals surface area (Å²) in [5, 5.41) is 3.35. The largest absolute Gasteiger partial charge is 0.132 e. The highest BCUT2D eigenvalue weighted by molar-refractivity contribution is 6.85. The molecule has 5 radical (unpaired) electrons. The van der Waals surface area contributed by atoms with Gasteiger partial charge in [0.15, 0.2) is 0 Å². The molecule has 0 saturated carbocycles. The van der Waals surface area contributed by atoms with Gasteiger partial charge in [0, 0.05) is 5.20 Å². The molecule has 0 spiro atoms. The Labute approximate surface area is 82.2 Å². The van der Waals surface area contributed by atoms with Crippen LogP contribution >= 0.6 is 0 Å². The molecule has 0 aliphatic rings. The van der Waals surface area contributed by atoms with E-state index in [0.717, 1.165) is 5.20 Å². The maximum Gasteiger partial charge on any atom is 0.132 e. The molecular formula is C9H11Si3. The van der Waals surface area contributed by atoms with Crippen molar-refractivity contribution in [3.05, 3.63) is 10.9 Å². The second kappa shape index (κ2) is 5.32. The molecule has 0 aromatic heterocycles. The second-order valence-corrected chi connectivity index (χ2v) is 8.59. The zero-order valence-electron chi connectivity index (χ0n) is 7.71. The lowest BCUT2D eigenvalue weighted by Gasteiger charge is -2.09. The summed E-state index contributed by atoms with van der Waals surface area (Å²) in [5.41, 5.74) is 6.06. The fourth-order valence-corrected chi connectivity index (χ4v) is 1.55. The minimum Gasteiger partial charge on any atom is -0.127 e. The SMILES string of the molecule is CC[Si](C)(C)C#CC([Si])=C=C=[Si]. The maximum absolute atomic E-state index is 3.33. The Balaban J connectivity index is 4.63. The first-order valence-corrected chi connectivity index (χ1v) is 8.02. The highest BCUT2D eigenvalue weighted by Gasteiger charge is 2.13. The van der Waals surface area contributed by atoms with Crippen LogP contribution in [0.5, 0.6) is 0 Å². The molecule has 0 N–H and O–H groups in total. The van der Waals surface area contributed by atoms with Crippen LogP contribution in [0.1, 0.15) is 6.92 Å². The average molecular weight is 203 g/mol. The monoisotopic (exact) mass is 203 g/mol. The highest BCUT2D eigenvalue weighted by atomic mass is 28.3. The Morgan fingerprint density at radius 1 is 1.42 bits per heavy atom. The molecule has 59 valence electrons. The van der Waals surface area contributed by atoms with E-state index in [1.54, 1.807) is 0 Å². The van der Waals surface area contributed by atoms with Gasteiger partial charge in [0.05, 0.1) is 10.2 Å². The van der Waals surface area contributed by atoms with Crippen molar-refractivity contribution in [2.75, 3.05) is 0 Å². The van der Waals surface area contributed by atoms with E-state index in [-0.39, 0.29) is 0 Å². The van der Waals surface area contributed by atoms with Crippen LogP contribution < -0.4 is 0 Å². The molecule has 0 unspecified atom stereocenters. The summed E-state index contributed by atoms with van der Waals surface area (Å²) in [7, 11) is 5.13. The van der Waals surface area contributed by atoms with E-state index >= 15 is 0 Å². The summed E-state index contributed by atoms with van der Waals surface area (Å²) in [5.74, 6) is 3.01. The first kappa shape index (κ1) is 11.6. The van der Waals surface area contributed by atoms with E-state index in [9.17, 15) is 0 Å². The van der Waals surface area contributed by atoms with Gasteiger partial charge in [-0.3, -0.25) is 0 Å². The van der Waals surface area contributed by atoms with E-state index in [1.807, 2.05) is 0 Å². The van der Waals surface area contributed by atoms with Crippen molar-refractivity contribution in [3.63, 3.8) is 0 Å². The van der Waals surface area contributed by atoms with E-state index in [4.69, 9.17) is 0 Å². The van der Waals surface area contributed by atoms with Gasteiger partial charge in [0.25, 0.3) is 0 Å². The van der Waals surface area contributed by atoms with Crippen molar-refractivity contribution >= 4 is 33.5 Å². The van der Waals surface area contributed by atoms with Crippen molar-refractivity contribution in [3.8, 4) is 11.5 Å². The van der Waals surface area contributed by atoms with Gasteiger partial charge in [-0.25, -0.2) is 0 Å². The zero-order chi connectivity index (χ0) is 9.61. The minimum atomic E-state index is -1.27. The third kappa shape index (κ3) is 5.31. The van der Waals surface area contributed by atoms with E-state index in [0.29, 0.717) is 0 Å². The third-order valence-electron chi connectivity index (χ3n) is 1.60. The smallest absolute Gasteiger partial charge is 0.127 e. The van der Waals surface area contributed by atoms with Gasteiger partial charge in [-0.05, 0) is 6.04 Å². The van der Waals surface area contributed by atoms with E-state index in [1.165, 1.54) is 6.04 Å². The summed E-state index contributed by atoms with van der Waals surface area (Å²) in [6.07, 6.45) is 0. The van der Waals surface area contributed by atoms with Crippen LogP contribution in [0.15, 0.2) is 10.9 Å². The Bertz CT molecular complexity index is 291. The standard InChI is InChI=1S/C9H11Si3/c1-4-12(2,3)8-6-9(11)5-7-10/h4H2,1-3H3. The number of hydrogen-bond acceptors (Lipinski definition) is 0. The van der Waals surface area contributed by atoms with Gasteiger partial charge >= 0.3 is 0 Å². The van der Waals surface area contributed by atoms with Crippen molar-refractivity contribution in [2.24, 2.45) is 0 Å². The molecule has 3 heteroatoms. The van der Waals surface area contributed by atoms with Crippen LogP contribution in [0.25, 0.3) is 0 Å². The molecule has 0 aromatic carbocycles. The molecule has 0 bridgehead atoms. The van der Waals surface area contributed by atoms with Gasteiger partial charge < -0.3 is 0 Å². The van der Waals surface area contributed by atoms with Crippen molar-refractivity contribution < 1.29 is 0 Å². The number of rotatable bonds is 1. The van der Waals surface area contributed by atoms with Gasteiger partial charge in [0.1, 0.15) is 17.9 Å². The van der Waals surface area contributed by atoms with Crippen LogP contribution in [-0.4, -0.2) is 33.5 Å². The molecule has 0 fully saturated rings. The Hall–Kier alpha value is -0.359. The van der Waals surface area contributed by atoms with Crippen molar-refractivity contribution in [1.82, 2.24) is 0 Å². The molecule has 0 aromatic rings. The predicted octanol–water partition coefficient (Wildman–Crippen LogP) is 1.03. The second-order valence-electron chi connectivity index (χ2n) is 3.11. The molecule has 0 aliphatic carbocycles. The minimum absolute atomic E-state index is 0.749. The first-order chi connectivity index (χ1) is 5.52. The summed E-state index contributed by atoms with van der Waals surface area (Å²) < 4.78 is 0. The van der Waals surface area contributed by atoms with Crippen LogP contribution in [-0.2, 0) is 0 Å². The molecule has 0 saturated heterocycles. The lowest BCUT2D eigenvalue weighted by atomic mass is 10.6. The van der Waals surface area contributed by atoms with E-state index < -0.39 is 8.07 Å². The molecule has 0 atom stereocenters. The zero-order valence-corrected chi connectivity index (χ0v) is 10.7. The highest BCUT2D eigenvalue weighted by Crippen LogP contribution is 2.05. The summed E-state index contributed by atoms with van der Waals surface area (Å²) >= 11 is 0. The predicted molar refractivity (Wildman–Crippen MR) is 59.3 cm³/mol. The Kier molecular flexibility index (Phi) is 5.16. The van der Waals surface area contributed by atoms with Crippen LogP contribution in [0, 0.1) is 11.5 Å². The summed E-state index contributed by atoms with van der Waals surface area (Å²) in [6.45, 7) is 6.69. The maximum atomic E-state index is 3.33. The number of hydrogen-bond donors (Lipinski definition) is 0. The third-order valence-corrected chi connectivity index (χ3v) is 4.54. The Morgan fingerprint density at radius 2 is 2.00 bits per heavy atom. The number of allylic oxidation sites excluding steroid dienone is 1. The quantitative estimate of drug-likeness (QED) is 0.339. The molecule has 0 rings (SSSR count). The van der Waals surface area contributed by atoms with Crippen LogP contribution in [0.3, 0.4) is 0 Å². The van der Waals surface area contributed by atoms with Crippen LogP contribution in [0.2, 0.25) is 19.1 Å². The fraction of sp³-hybridized carbons (Fsp3) is 0.444. The Morgan fingerprint density at radius 3 is 2.42 bits per heavy atom. The average Bonchev–Trinajstić information content (AvgIpc) is 2.02. The normalized spacial score (nSPS) is 9.00.